The molecule has 0 unspecified atom stereocenters. The van der Waals surface area contributed by atoms with Gasteiger partial charge in [0, 0.05) is 53.7 Å². The number of carbonyl (C=O) groups is 1. The molecule has 0 spiro atoms. The molecule has 43 heavy (non-hydrogen) atoms. The first-order chi connectivity index (χ1) is 20.6. The first kappa shape index (κ1) is 30.0. The van der Waals surface area contributed by atoms with E-state index in [1.54, 1.807) is 28.8 Å². The van der Waals surface area contributed by atoms with Crippen molar-refractivity contribution in [1.29, 1.82) is 0 Å². The lowest BCUT2D eigenvalue weighted by Crippen LogP contribution is -2.34. The lowest BCUT2D eigenvalue weighted by atomic mass is 9.88. The van der Waals surface area contributed by atoms with E-state index in [2.05, 4.69) is 11.4 Å². The summed E-state index contributed by atoms with van der Waals surface area (Å²) in [6.45, 7) is 6.28. The van der Waals surface area contributed by atoms with Crippen LogP contribution in [-0.4, -0.2) is 40.1 Å². The Balaban J connectivity index is 1.70. The van der Waals surface area contributed by atoms with Crippen LogP contribution in [0, 0.1) is 13.8 Å². The van der Waals surface area contributed by atoms with Crippen LogP contribution in [0.1, 0.15) is 52.3 Å². The van der Waals surface area contributed by atoms with Crippen molar-refractivity contribution in [2.75, 3.05) is 19.5 Å². The van der Waals surface area contributed by atoms with Gasteiger partial charge in [0.25, 0.3) is 5.56 Å². The fraction of sp³-hybridized carbons (Fsp3) is 0.303. The fourth-order valence-electron chi connectivity index (χ4n) is 5.83. The zero-order valence-electron chi connectivity index (χ0n) is 25.2. The van der Waals surface area contributed by atoms with Crippen molar-refractivity contribution in [1.82, 2.24) is 14.6 Å². The molecule has 2 aromatic carbocycles. The highest BCUT2D eigenvalue weighted by atomic mass is 16.5. The number of hydrogen-bond donors (Lipinski definition) is 4. The molecule has 10 nitrogen and oxygen atoms in total. The number of benzene rings is 2. The maximum Gasteiger partial charge on any atom is 0.257 e. The second-order valence-corrected chi connectivity index (χ2v) is 11.1. The van der Waals surface area contributed by atoms with Crippen molar-refractivity contribution in [2.45, 2.75) is 52.5 Å². The Morgan fingerprint density at radius 3 is 2.60 bits per heavy atom. The number of carbonyl (C=O) groups excluding carboxylic acids is 1. The van der Waals surface area contributed by atoms with E-state index in [0.29, 0.717) is 29.9 Å². The smallest absolute Gasteiger partial charge is 0.257 e. The van der Waals surface area contributed by atoms with Crippen molar-refractivity contribution >= 4 is 28.6 Å². The second-order valence-electron chi connectivity index (χ2n) is 11.1. The van der Waals surface area contributed by atoms with Crippen LogP contribution in [0.25, 0.3) is 28.0 Å². The van der Waals surface area contributed by atoms with E-state index in [-0.39, 0.29) is 36.3 Å². The summed E-state index contributed by atoms with van der Waals surface area (Å²) in [6.07, 6.45) is 2.28. The fourth-order valence-corrected chi connectivity index (χ4v) is 5.83. The quantitative estimate of drug-likeness (QED) is 0.110. The number of rotatable bonds is 10. The molecule has 1 aliphatic rings. The molecule has 0 saturated heterocycles. The van der Waals surface area contributed by atoms with Gasteiger partial charge in [-0.3, -0.25) is 9.59 Å². The maximum atomic E-state index is 13.9. The average molecular weight is 583 g/mol. The van der Waals surface area contributed by atoms with Gasteiger partial charge in [0.05, 0.1) is 42.3 Å². The summed E-state index contributed by atoms with van der Waals surface area (Å²) < 4.78 is 6.96. The van der Waals surface area contributed by atoms with Crippen LogP contribution in [0.5, 0.6) is 0 Å². The molecule has 1 aliphatic heterocycles. The van der Waals surface area contributed by atoms with Crippen LogP contribution in [0.2, 0.25) is 0 Å². The summed E-state index contributed by atoms with van der Waals surface area (Å²) in [5.41, 5.74) is 12.9. The van der Waals surface area contributed by atoms with Crippen LogP contribution >= 0.6 is 0 Å². The largest absolute Gasteiger partial charge is 0.397 e. The molecule has 0 bridgehead atoms. The van der Waals surface area contributed by atoms with Gasteiger partial charge in [-0.1, -0.05) is 25.1 Å². The summed E-state index contributed by atoms with van der Waals surface area (Å²) in [7, 11) is 3.31. The molecular formula is C33H38N6O4. The molecule has 0 saturated carbocycles. The van der Waals surface area contributed by atoms with E-state index in [9.17, 15) is 14.7 Å². The minimum absolute atomic E-state index is 0.0453. The Morgan fingerprint density at radius 2 is 1.93 bits per heavy atom. The van der Waals surface area contributed by atoms with E-state index in [1.807, 2.05) is 51.2 Å². The minimum Gasteiger partial charge on any atom is -0.397 e. The van der Waals surface area contributed by atoms with E-state index < -0.39 is 5.60 Å². The molecule has 6 N–H and O–H groups in total. The lowest BCUT2D eigenvalue weighted by Gasteiger charge is -2.24. The number of pyridine rings is 2. The number of aryl methyl sites for hydroxylation is 2. The van der Waals surface area contributed by atoms with Crippen molar-refractivity contribution in [3.8, 4) is 11.4 Å². The highest BCUT2D eigenvalue weighted by Gasteiger charge is 2.35. The van der Waals surface area contributed by atoms with E-state index in [0.717, 1.165) is 44.4 Å². The third-order valence-corrected chi connectivity index (χ3v) is 8.42. The Bertz CT molecular complexity index is 1830. The number of nitrogens with one attached hydrogen (secondary N) is 1. The van der Waals surface area contributed by atoms with Crippen molar-refractivity contribution in [3.63, 3.8) is 0 Å². The molecule has 10 heteroatoms. The lowest BCUT2D eigenvalue weighted by molar-refractivity contribution is -0.125. The predicted octanol–water partition coefficient (Wildman–Crippen LogP) is 3.66. The molecule has 0 aliphatic carbocycles. The van der Waals surface area contributed by atoms with Gasteiger partial charge in [-0.05, 0) is 61.2 Å². The number of nitrogens with zero attached hydrogens (tertiary/aromatic N) is 3. The van der Waals surface area contributed by atoms with Gasteiger partial charge in [-0.15, -0.1) is 0 Å². The normalized spacial score (nSPS) is 13.9. The Kier molecular flexibility index (Phi) is 8.11. The molecule has 3 heterocycles. The van der Waals surface area contributed by atoms with Gasteiger partial charge in [0.2, 0.25) is 0 Å². The van der Waals surface area contributed by atoms with Gasteiger partial charge in [0.1, 0.15) is 5.60 Å². The van der Waals surface area contributed by atoms with E-state index >= 15 is 0 Å². The van der Waals surface area contributed by atoms with Gasteiger partial charge in [-0.25, -0.2) is 10.8 Å². The number of aliphatic hydroxyl groups is 1. The number of hydrazine groups is 1. The molecule has 0 radical (unpaired) electrons. The van der Waals surface area contributed by atoms with Gasteiger partial charge >= 0.3 is 0 Å². The van der Waals surface area contributed by atoms with Crippen LogP contribution in [-0.2, 0) is 34.8 Å². The number of aldehydes is 1. The van der Waals surface area contributed by atoms with Crippen LogP contribution in [0.3, 0.4) is 0 Å². The highest BCUT2D eigenvalue weighted by molar-refractivity contribution is 5.89. The van der Waals surface area contributed by atoms with E-state index in [4.69, 9.17) is 21.3 Å². The van der Waals surface area contributed by atoms with Crippen LogP contribution in [0.4, 0.5) is 5.69 Å². The second kappa shape index (κ2) is 11.6. The number of para-hydroxylation sites is 1. The topological polar surface area (TPSA) is 149 Å². The molecule has 2 aromatic heterocycles. The molecule has 0 fully saturated rings. The van der Waals surface area contributed by atoms with Crippen LogP contribution in [0.15, 0.2) is 53.5 Å². The van der Waals surface area contributed by atoms with E-state index in [1.165, 1.54) is 7.11 Å². The zero-order valence-corrected chi connectivity index (χ0v) is 25.2. The van der Waals surface area contributed by atoms with Crippen molar-refractivity contribution < 1.29 is 14.6 Å². The molecular weight excluding hydrogens is 544 g/mol. The SMILES string of the molecule is CC[C@@](O)(C=O)c1cc2n(c(=O)c1COC)Cc1c-2nc2cc(C)c(C)cc2c1CN(N)/C=C(\N)c1ccccc1NC. The minimum atomic E-state index is -1.83. The van der Waals surface area contributed by atoms with Gasteiger partial charge < -0.3 is 30.5 Å². The number of methoxy groups -OCH3 is 1. The standard InChI is InChI=1S/C33H38N6O4/c1-6-33(42,18-40)26-13-30-31-24(15-39(30)32(41)25(26)17-43-5)23(22-11-19(2)20(3)12-29(22)37-31)14-38(35)16-27(34)21-9-7-8-10-28(21)36-4/h7-13,16,18,36,42H,6,14-15,17,34-35H2,1-5H3/b27-16-/t33-/m1/s1. The summed E-state index contributed by atoms with van der Waals surface area (Å²) in [4.78, 5) is 31.0. The zero-order chi connectivity index (χ0) is 31.1. The summed E-state index contributed by atoms with van der Waals surface area (Å²) in [5, 5.41) is 16.8. The first-order valence-corrected chi connectivity index (χ1v) is 14.2. The van der Waals surface area contributed by atoms with Crippen LogP contribution < -0.4 is 22.5 Å². The Hall–Kier alpha value is -4.51. The van der Waals surface area contributed by atoms with Gasteiger partial charge in [-0.2, -0.15) is 0 Å². The average Bonchev–Trinajstić information content (AvgIpc) is 3.37. The molecule has 224 valence electrons. The summed E-state index contributed by atoms with van der Waals surface area (Å²) >= 11 is 0. The van der Waals surface area contributed by atoms with Gasteiger partial charge in [0.15, 0.2) is 6.29 Å². The first-order valence-electron chi connectivity index (χ1n) is 14.2. The number of nitrogens with two attached hydrogens (primary N) is 2. The van der Waals surface area contributed by atoms with Crippen molar-refractivity contribution in [3.05, 3.63) is 98.0 Å². The molecule has 1 atom stereocenters. The predicted molar refractivity (Wildman–Crippen MR) is 169 cm³/mol. The Morgan fingerprint density at radius 1 is 1.21 bits per heavy atom. The number of aromatic nitrogens is 2. The highest BCUT2D eigenvalue weighted by Crippen LogP contribution is 2.39. The third kappa shape index (κ3) is 5.18. The number of anilines is 1. The third-order valence-electron chi connectivity index (χ3n) is 8.42. The molecule has 5 rings (SSSR count). The summed E-state index contributed by atoms with van der Waals surface area (Å²) in [5.74, 6) is 6.58. The Labute approximate surface area is 250 Å². The maximum absolute atomic E-state index is 13.9. The van der Waals surface area contributed by atoms with Crippen molar-refractivity contribution in [2.24, 2.45) is 11.6 Å². The molecule has 4 aromatic rings. The monoisotopic (exact) mass is 582 g/mol. The number of fused-ring (bicyclic) bond motifs is 4. The number of hydrogen-bond acceptors (Lipinski definition) is 9. The summed E-state index contributed by atoms with van der Waals surface area (Å²) in [6, 6.07) is 13.5. The molecule has 0 amide bonds. The number of ether oxygens (including phenoxy) is 1.